The maximum atomic E-state index is 12.5. The summed E-state index contributed by atoms with van der Waals surface area (Å²) < 4.78 is 7.02. The van der Waals surface area contributed by atoms with Crippen LogP contribution in [0.5, 0.6) is 0 Å². The van der Waals surface area contributed by atoms with Crippen LogP contribution in [0.3, 0.4) is 0 Å². The van der Waals surface area contributed by atoms with Crippen molar-refractivity contribution in [1.29, 1.82) is 0 Å². The topological polar surface area (TPSA) is 84.7 Å². The summed E-state index contributed by atoms with van der Waals surface area (Å²) in [6.07, 6.45) is 5.96. The molecule has 2 fully saturated rings. The van der Waals surface area contributed by atoms with Crippen molar-refractivity contribution in [1.82, 2.24) is 19.4 Å². The SMILES string of the molecule is CCC[C@@H](C)N1CC2(CCN(C(=O)Cn3cccnc3=O)CC2)OC1=O. The molecule has 2 aliphatic rings. The van der Waals surface area contributed by atoms with Crippen LogP contribution in [0.15, 0.2) is 23.3 Å². The van der Waals surface area contributed by atoms with Gasteiger partial charge in [0.2, 0.25) is 5.91 Å². The Morgan fingerprint density at radius 3 is 2.73 bits per heavy atom. The van der Waals surface area contributed by atoms with E-state index in [2.05, 4.69) is 11.9 Å². The van der Waals surface area contributed by atoms with Gasteiger partial charge in [-0.3, -0.25) is 9.36 Å². The highest BCUT2D eigenvalue weighted by molar-refractivity contribution is 5.76. The Morgan fingerprint density at radius 1 is 1.35 bits per heavy atom. The highest BCUT2D eigenvalue weighted by Gasteiger charge is 2.48. The van der Waals surface area contributed by atoms with Gasteiger partial charge in [-0.05, 0) is 19.4 Å². The average molecular weight is 362 g/mol. The molecule has 0 saturated carbocycles. The lowest BCUT2D eigenvalue weighted by Gasteiger charge is -2.37. The number of amides is 2. The van der Waals surface area contributed by atoms with Crippen LogP contribution >= 0.6 is 0 Å². The van der Waals surface area contributed by atoms with E-state index in [0.29, 0.717) is 32.5 Å². The number of ether oxygens (including phenoxy) is 1. The van der Waals surface area contributed by atoms with Gasteiger partial charge in [0.1, 0.15) is 12.1 Å². The number of nitrogens with zero attached hydrogens (tertiary/aromatic N) is 4. The van der Waals surface area contributed by atoms with E-state index < -0.39 is 11.3 Å². The van der Waals surface area contributed by atoms with E-state index in [9.17, 15) is 14.4 Å². The Kier molecular flexibility index (Phi) is 5.29. The Hall–Kier alpha value is -2.38. The summed E-state index contributed by atoms with van der Waals surface area (Å²) in [6, 6.07) is 1.80. The molecule has 1 aromatic heterocycles. The molecule has 2 aliphatic heterocycles. The summed E-state index contributed by atoms with van der Waals surface area (Å²) in [4.78, 5) is 43.6. The molecule has 3 heterocycles. The van der Waals surface area contributed by atoms with Crippen LogP contribution in [0.4, 0.5) is 4.79 Å². The zero-order valence-electron chi connectivity index (χ0n) is 15.4. The van der Waals surface area contributed by atoms with Gasteiger partial charge in [0.25, 0.3) is 0 Å². The molecular formula is C18H26N4O4. The number of piperidine rings is 1. The molecule has 142 valence electrons. The van der Waals surface area contributed by atoms with Crippen molar-refractivity contribution >= 4 is 12.0 Å². The summed E-state index contributed by atoms with van der Waals surface area (Å²) in [6.45, 7) is 5.78. The van der Waals surface area contributed by atoms with E-state index in [1.807, 2.05) is 11.8 Å². The van der Waals surface area contributed by atoms with Gasteiger partial charge in [-0.2, -0.15) is 0 Å². The van der Waals surface area contributed by atoms with Gasteiger partial charge in [0, 0.05) is 44.4 Å². The molecule has 1 spiro atoms. The fourth-order valence-corrected chi connectivity index (χ4v) is 3.74. The number of likely N-dealkylation sites (tertiary alicyclic amines) is 1. The van der Waals surface area contributed by atoms with Gasteiger partial charge < -0.3 is 14.5 Å². The van der Waals surface area contributed by atoms with Crippen LogP contribution < -0.4 is 5.69 Å². The van der Waals surface area contributed by atoms with Gasteiger partial charge >= 0.3 is 11.8 Å². The van der Waals surface area contributed by atoms with Crippen LogP contribution in [0.1, 0.15) is 39.5 Å². The maximum absolute atomic E-state index is 12.5. The molecule has 3 rings (SSSR count). The highest BCUT2D eigenvalue weighted by Crippen LogP contribution is 2.34. The first-order valence-corrected chi connectivity index (χ1v) is 9.23. The fraction of sp³-hybridized carbons (Fsp3) is 0.667. The normalized spacial score (nSPS) is 20.3. The predicted molar refractivity (Wildman–Crippen MR) is 94.6 cm³/mol. The number of hydrogen-bond acceptors (Lipinski definition) is 5. The van der Waals surface area contributed by atoms with Gasteiger partial charge in [-0.25, -0.2) is 14.6 Å². The van der Waals surface area contributed by atoms with Crippen molar-refractivity contribution in [2.75, 3.05) is 19.6 Å². The van der Waals surface area contributed by atoms with E-state index in [4.69, 9.17) is 4.74 Å². The van der Waals surface area contributed by atoms with Gasteiger partial charge in [0.15, 0.2) is 0 Å². The van der Waals surface area contributed by atoms with Crippen molar-refractivity contribution < 1.29 is 14.3 Å². The summed E-state index contributed by atoms with van der Waals surface area (Å²) >= 11 is 0. The van der Waals surface area contributed by atoms with Crippen molar-refractivity contribution in [2.24, 2.45) is 0 Å². The average Bonchev–Trinajstić information content (AvgIpc) is 2.94. The monoisotopic (exact) mass is 362 g/mol. The lowest BCUT2D eigenvalue weighted by molar-refractivity contribution is -0.135. The number of carbonyl (C=O) groups is 2. The first-order chi connectivity index (χ1) is 12.4. The van der Waals surface area contributed by atoms with Gasteiger partial charge in [-0.1, -0.05) is 13.3 Å². The van der Waals surface area contributed by atoms with E-state index in [1.165, 1.54) is 10.8 Å². The highest BCUT2D eigenvalue weighted by atomic mass is 16.6. The second-order valence-corrected chi connectivity index (χ2v) is 7.23. The molecule has 2 amide bonds. The molecule has 0 aromatic carbocycles. The molecule has 0 radical (unpaired) electrons. The minimum atomic E-state index is -0.485. The Morgan fingerprint density at radius 2 is 2.08 bits per heavy atom. The number of aromatic nitrogens is 2. The van der Waals surface area contributed by atoms with Crippen LogP contribution in [-0.4, -0.2) is 62.6 Å². The lowest BCUT2D eigenvalue weighted by atomic mass is 9.91. The van der Waals surface area contributed by atoms with Crippen molar-refractivity contribution in [2.45, 2.75) is 57.7 Å². The minimum absolute atomic E-state index is 0.0148. The number of hydrogen-bond donors (Lipinski definition) is 0. The third-order valence-corrected chi connectivity index (χ3v) is 5.35. The molecule has 1 atom stereocenters. The second-order valence-electron chi connectivity index (χ2n) is 7.23. The Balaban J connectivity index is 1.57. The molecular weight excluding hydrogens is 336 g/mol. The van der Waals surface area contributed by atoms with E-state index in [1.54, 1.807) is 17.2 Å². The van der Waals surface area contributed by atoms with Crippen molar-refractivity contribution in [3.63, 3.8) is 0 Å². The molecule has 1 aromatic rings. The number of rotatable bonds is 5. The van der Waals surface area contributed by atoms with Crippen LogP contribution in [0.2, 0.25) is 0 Å². The van der Waals surface area contributed by atoms with Crippen LogP contribution in [-0.2, 0) is 16.1 Å². The maximum Gasteiger partial charge on any atom is 0.410 e. The summed E-state index contributed by atoms with van der Waals surface area (Å²) in [5, 5.41) is 0. The second kappa shape index (κ2) is 7.47. The smallest absolute Gasteiger partial charge is 0.410 e. The van der Waals surface area contributed by atoms with Crippen LogP contribution in [0.25, 0.3) is 0 Å². The fourth-order valence-electron chi connectivity index (χ4n) is 3.74. The molecule has 26 heavy (non-hydrogen) atoms. The Labute approximate surface area is 152 Å². The third kappa shape index (κ3) is 3.73. The number of carbonyl (C=O) groups excluding carboxylic acids is 2. The third-order valence-electron chi connectivity index (χ3n) is 5.35. The minimum Gasteiger partial charge on any atom is -0.441 e. The first kappa shape index (κ1) is 18.4. The molecule has 8 heteroatoms. The predicted octanol–water partition coefficient (Wildman–Crippen LogP) is 1.25. The molecule has 0 N–H and O–H groups in total. The Bertz CT molecular complexity index is 724. The summed E-state index contributed by atoms with van der Waals surface area (Å²) in [5.74, 6) is -0.115. The van der Waals surface area contributed by atoms with Crippen molar-refractivity contribution in [3.8, 4) is 0 Å². The van der Waals surface area contributed by atoms with Gasteiger partial charge in [-0.15, -0.1) is 0 Å². The van der Waals surface area contributed by atoms with E-state index >= 15 is 0 Å². The van der Waals surface area contributed by atoms with Crippen LogP contribution in [0, 0.1) is 0 Å². The molecule has 0 bridgehead atoms. The molecule has 0 unspecified atom stereocenters. The van der Waals surface area contributed by atoms with Gasteiger partial charge in [0.05, 0.1) is 6.54 Å². The molecule has 0 aliphatic carbocycles. The summed E-state index contributed by atoms with van der Waals surface area (Å²) in [7, 11) is 0. The summed E-state index contributed by atoms with van der Waals surface area (Å²) in [5.41, 5.74) is -0.916. The van der Waals surface area contributed by atoms with E-state index in [0.717, 1.165) is 12.8 Å². The molecule has 8 nitrogen and oxygen atoms in total. The quantitative estimate of drug-likeness (QED) is 0.787. The molecule has 2 saturated heterocycles. The van der Waals surface area contributed by atoms with E-state index in [-0.39, 0.29) is 24.6 Å². The zero-order valence-corrected chi connectivity index (χ0v) is 15.4. The zero-order chi connectivity index (χ0) is 18.7. The largest absolute Gasteiger partial charge is 0.441 e. The first-order valence-electron chi connectivity index (χ1n) is 9.23. The van der Waals surface area contributed by atoms with Crippen molar-refractivity contribution in [3.05, 3.63) is 28.9 Å². The lowest BCUT2D eigenvalue weighted by Crippen LogP contribution is -2.50. The standard InChI is InChI=1S/C18H26N4O4/c1-3-5-14(2)22-13-18(26-17(22)25)6-10-20(11-7-18)15(23)12-21-9-4-8-19-16(21)24/h4,8-9,14H,3,5-7,10-13H2,1-2H3/t14-/m1/s1.